The molecule has 2 N–H and O–H groups in total. The van der Waals surface area contributed by atoms with Crippen LogP contribution in [0.1, 0.15) is 27.2 Å². The highest BCUT2D eigenvalue weighted by Gasteiger charge is 2.15. The van der Waals surface area contributed by atoms with Crippen molar-refractivity contribution in [1.29, 1.82) is 0 Å². The lowest BCUT2D eigenvalue weighted by atomic mass is 10.0. The summed E-state index contributed by atoms with van der Waals surface area (Å²) in [5, 5.41) is 7.05. The zero-order valence-electron chi connectivity index (χ0n) is 10.8. The number of benzene rings is 1. The molecule has 0 bridgehead atoms. The largest absolute Gasteiger partial charge is 0.497 e. The first-order chi connectivity index (χ1) is 7.96. The zero-order chi connectivity index (χ0) is 12.9. The Labute approximate surface area is 109 Å². The van der Waals surface area contributed by atoms with Crippen molar-refractivity contribution in [3.05, 3.63) is 24.3 Å². The molecule has 0 heterocycles. The van der Waals surface area contributed by atoms with Crippen LogP contribution in [0, 0.1) is 0 Å². The van der Waals surface area contributed by atoms with Crippen LogP contribution < -0.4 is 15.4 Å². The summed E-state index contributed by atoms with van der Waals surface area (Å²) in [5.41, 5.74) is 0.928. The van der Waals surface area contributed by atoms with Crippen molar-refractivity contribution in [3.8, 4) is 5.75 Å². The van der Waals surface area contributed by atoms with Crippen LogP contribution in [0.15, 0.2) is 24.3 Å². The van der Waals surface area contributed by atoms with Gasteiger partial charge in [-0.05, 0) is 44.6 Å². The Morgan fingerprint density at radius 1 is 1.41 bits per heavy atom. The van der Waals surface area contributed by atoms with Crippen molar-refractivity contribution in [2.45, 2.75) is 32.7 Å². The lowest BCUT2D eigenvalue weighted by Gasteiger charge is -2.26. The van der Waals surface area contributed by atoms with Crippen LogP contribution in [0.3, 0.4) is 0 Å². The fraction of sp³-hybridized carbons (Fsp3) is 0.462. The maximum atomic E-state index is 5.27. The second-order valence-electron chi connectivity index (χ2n) is 4.55. The minimum Gasteiger partial charge on any atom is -0.497 e. The molecular formula is C13H20N2OS. The molecule has 0 fully saturated rings. The smallest absolute Gasteiger partial charge is 0.171 e. The lowest BCUT2D eigenvalue weighted by molar-refractivity contribution is 0.415. The van der Waals surface area contributed by atoms with Crippen LogP contribution in [0.25, 0.3) is 0 Å². The van der Waals surface area contributed by atoms with E-state index < -0.39 is 0 Å². The quantitative estimate of drug-likeness (QED) is 0.806. The maximum Gasteiger partial charge on any atom is 0.171 e. The van der Waals surface area contributed by atoms with Gasteiger partial charge in [-0.1, -0.05) is 13.0 Å². The first kappa shape index (κ1) is 13.8. The van der Waals surface area contributed by atoms with Crippen LogP contribution >= 0.6 is 12.2 Å². The molecule has 0 aliphatic heterocycles. The van der Waals surface area contributed by atoms with Crippen molar-refractivity contribution in [1.82, 2.24) is 5.32 Å². The molecule has 0 saturated carbocycles. The maximum absolute atomic E-state index is 5.27. The van der Waals surface area contributed by atoms with E-state index in [-0.39, 0.29) is 5.54 Å². The summed E-state index contributed by atoms with van der Waals surface area (Å²) in [6, 6.07) is 7.69. The molecule has 94 valence electrons. The van der Waals surface area contributed by atoms with E-state index in [9.17, 15) is 0 Å². The third-order valence-electron chi connectivity index (χ3n) is 2.66. The summed E-state index contributed by atoms with van der Waals surface area (Å²) >= 11 is 5.27. The van der Waals surface area contributed by atoms with Gasteiger partial charge in [0.2, 0.25) is 0 Å². The predicted molar refractivity (Wildman–Crippen MR) is 76.7 cm³/mol. The van der Waals surface area contributed by atoms with Gasteiger partial charge in [-0.25, -0.2) is 0 Å². The second kappa shape index (κ2) is 5.87. The number of thiocarbonyl (C=S) groups is 1. The molecule has 1 aromatic rings. The number of methoxy groups -OCH3 is 1. The summed E-state index contributed by atoms with van der Waals surface area (Å²) in [6.45, 7) is 6.36. The van der Waals surface area contributed by atoms with E-state index in [1.54, 1.807) is 7.11 Å². The monoisotopic (exact) mass is 252 g/mol. The number of hydrogen-bond acceptors (Lipinski definition) is 2. The van der Waals surface area contributed by atoms with Gasteiger partial charge in [0.1, 0.15) is 5.75 Å². The van der Waals surface area contributed by atoms with Crippen LogP contribution in [0.4, 0.5) is 5.69 Å². The number of rotatable bonds is 4. The summed E-state index contributed by atoms with van der Waals surface area (Å²) in [7, 11) is 1.65. The lowest BCUT2D eigenvalue weighted by Crippen LogP contribution is -2.44. The van der Waals surface area contributed by atoms with E-state index in [1.165, 1.54) is 0 Å². The van der Waals surface area contributed by atoms with E-state index in [1.807, 2.05) is 24.3 Å². The van der Waals surface area contributed by atoms with Crippen molar-refractivity contribution < 1.29 is 4.74 Å². The highest BCUT2D eigenvalue weighted by Crippen LogP contribution is 2.17. The topological polar surface area (TPSA) is 33.3 Å². The summed E-state index contributed by atoms with van der Waals surface area (Å²) in [6.07, 6.45) is 1.01. The van der Waals surface area contributed by atoms with Gasteiger partial charge in [0.15, 0.2) is 5.11 Å². The molecule has 1 rings (SSSR count). The van der Waals surface area contributed by atoms with Gasteiger partial charge in [-0.15, -0.1) is 0 Å². The predicted octanol–water partition coefficient (Wildman–Crippen LogP) is 3.17. The fourth-order valence-corrected chi connectivity index (χ4v) is 1.65. The van der Waals surface area contributed by atoms with Crippen LogP contribution in [-0.4, -0.2) is 17.8 Å². The van der Waals surface area contributed by atoms with Gasteiger partial charge >= 0.3 is 0 Å². The number of nitrogens with one attached hydrogen (secondary N) is 2. The Bertz CT molecular complexity index is 391. The molecule has 0 saturated heterocycles. The Kier molecular flexibility index (Phi) is 4.75. The van der Waals surface area contributed by atoms with Crippen molar-refractivity contribution in [2.75, 3.05) is 12.4 Å². The Hall–Kier alpha value is -1.29. The highest BCUT2D eigenvalue weighted by atomic mass is 32.1. The van der Waals surface area contributed by atoms with Gasteiger partial charge < -0.3 is 15.4 Å². The summed E-state index contributed by atoms with van der Waals surface area (Å²) in [5.74, 6) is 0.813. The molecule has 0 aromatic heterocycles. The number of ether oxygens (including phenoxy) is 1. The molecular weight excluding hydrogens is 232 g/mol. The van der Waals surface area contributed by atoms with Crippen molar-refractivity contribution in [3.63, 3.8) is 0 Å². The molecule has 0 atom stereocenters. The molecule has 3 nitrogen and oxygen atoms in total. The highest BCUT2D eigenvalue weighted by molar-refractivity contribution is 7.80. The minimum absolute atomic E-state index is 0.00293. The molecule has 0 unspecified atom stereocenters. The average Bonchev–Trinajstić information content (AvgIpc) is 2.28. The molecule has 0 spiro atoms. The molecule has 0 radical (unpaired) electrons. The Morgan fingerprint density at radius 3 is 2.71 bits per heavy atom. The molecule has 4 heteroatoms. The summed E-state index contributed by atoms with van der Waals surface area (Å²) < 4.78 is 5.15. The fourth-order valence-electron chi connectivity index (χ4n) is 1.26. The molecule has 0 aliphatic rings. The number of hydrogen-bond donors (Lipinski definition) is 2. The van der Waals surface area contributed by atoms with E-state index >= 15 is 0 Å². The van der Waals surface area contributed by atoms with Crippen LogP contribution in [0.2, 0.25) is 0 Å². The molecule has 17 heavy (non-hydrogen) atoms. The average molecular weight is 252 g/mol. The van der Waals surface area contributed by atoms with Crippen LogP contribution in [0.5, 0.6) is 5.75 Å². The van der Waals surface area contributed by atoms with Gasteiger partial charge in [0, 0.05) is 17.3 Å². The zero-order valence-corrected chi connectivity index (χ0v) is 11.6. The van der Waals surface area contributed by atoms with Crippen molar-refractivity contribution >= 4 is 23.0 Å². The van der Waals surface area contributed by atoms with Gasteiger partial charge in [-0.3, -0.25) is 0 Å². The van der Waals surface area contributed by atoms with Crippen molar-refractivity contribution in [2.24, 2.45) is 0 Å². The normalized spacial score (nSPS) is 10.8. The summed E-state index contributed by atoms with van der Waals surface area (Å²) in [4.78, 5) is 0. The molecule has 1 aromatic carbocycles. The molecule has 0 amide bonds. The van der Waals surface area contributed by atoms with Gasteiger partial charge in [0.25, 0.3) is 0 Å². The Morgan fingerprint density at radius 2 is 2.12 bits per heavy atom. The van der Waals surface area contributed by atoms with Crippen LogP contribution in [-0.2, 0) is 0 Å². The SMILES string of the molecule is CCC(C)(C)NC(=S)Nc1cccc(OC)c1. The van der Waals surface area contributed by atoms with E-state index in [0.717, 1.165) is 17.9 Å². The molecule has 0 aliphatic carbocycles. The number of anilines is 1. The second-order valence-corrected chi connectivity index (χ2v) is 4.96. The minimum atomic E-state index is 0.00293. The standard InChI is InChI=1S/C13H20N2OS/c1-5-13(2,3)15-12(17)14-10-7-6-8-11(9-10)16-4/h6-9H,5H2,1-4H3,(H2,14,15,17). The first-order valence-electron chi connectivity index (χ1n) is 5.70. The van der Waals surface area contributed by atoms with E-state index in [4.69, 9.17) is 17.0 Å². The van der Waals surface area contributed by atoms with Gasteiger partial charge in [0.05, 0.1) is 7.11 Å². The third kappa shape index (κ3) is 4.61. The Balaban J connectivity index is 2.62. The van der Waals surface area contributed by atoms with Gasteiger partial charge in [-0.2, -0.15) is 0 Å². The first-order valence-corrected chi connectivity index (χ1v) is 6.11. The van der Waals surface area contributed by atoms with E-state index in [0.29, 0.717) is 5.11 Å². The van der Waals surface area contributed by atoms with E-state index in [2.05, 4.69) is 31.4 Å². The third-order valence-corrected chi connectivity index (χ3v) is 2.87.